The molecule has 1 atom stereocenters. The molecule has 0 aliphatic carbocycles. The Bertz CT molecular complexity index is 583. The van der Waals surface area contributed by atoms with E-state index in [1.54, 1.807) is 24.0 Å². The fourth-order valence-electron chi connectivity index (χ4n) is 2.40. The number of rotatable bonds is 3. The highest BCUT2D eigenvalue weighted by Crippen LogP contribution is 2.36. The van der Waals surface area contributed by atoms with E-state index < -0.39 is 17.9 Å². The van der Waals surface area contributed by atoms with Crippen molar-refractivity contribution >= 4 is 23.5 Å². The first-order chi connectivity index (χ1) is 9.97. The van der Waals surface area contributed by atoms with Gasteiger partial charge >= 0.3 is 11.9 Å². The number of benzene rings is 1. The van der Waals surface area contributed by atoms with E-state index in [1.807, 2.05) is 26.0 Å². The quantitative estimate of drug-likeness (QED) is 0.669. The highest BCUT2D eigenvalue weighted by Gasteiger charge is 2.40. The zero-order valence-electron chi connectivity index (χ0n) is 12.3. The number of ether oxygens (including phenoxy) is 1. The third kappa shape index (κ3) is 2.74. The highest BCUT2D eigenvalue weighted by molar-refractivity contribution is 6.33. The molecular formula is C15H18N2O4. The van der Waals surface area contributed by atoms with E-state index in [1.165, 1.54) is 0 Å². The molecule has 6 nitrogen and oxygen atoms in total. The molecule has 2 amide bonds. The summed E-state index contributed by atoms with van der Waals surface area (Å²) < 4.78 is 4.64. The predicted molar refractivity (Wildman–Crippen MR) is 76.6 cm³/mol. The summed E-state index contributed by atoms with van der Waals surface area (Å²) in [5.74, 6) is -2.13. The summed E-state index contributed by atoms with van der Waals surface area (Å²) in [6.07, 6.45) is 0. The number of nitrogens with one attached hydrogen (secondary N) is 1. The average Bonchev–Trinajstić information content (AvgIpc) is 2.72. The van der Waals surface area contributed by atoms with Gasteiger partial charge in [-0.05, 0) is 26.8 Å². The first-order valence-electron chi connectivity index (χ1n) is 6.87. The Morgan fingerprint density at radius 3 is 2.62 bits per heavy atom. The van der Waals surface area contributed by atoms with Crippen molar-refractivity contribution in [3.05, 3.63) is 29.8 Å². The van der Waals surface area contributed by atoms with Crippen LogP contribution >= 0.6 is 0 Å². The van der Waals surface area contributed by atoms with Crippen LogP contribution < -0.4 is 10.2 Å². The molecule has 21 heavy (non-hydrogen) atoms. The molecule has 1 aromatic carbocycles. The molecule has 0 fully saturated rings. The van der Waals surface area contributed by atoms with Gasteiger partial charge in [0.15, 0.2) is 0 Å². The molecule has 0 bridgehead atoms. The molecule has 2 rings (SSSR count). The lowest BCUT2D eigenvalue weighted by Gasteiger charge is -2.22. The first kappa shape index (κ1) is 15.0. The van der Waals surface area contributed by atoms with Crippen LogP contribution in [0.4, 0.5) is 5.69 Å². The number of nitrogens with zero attached hydrogens (tertiary/aromatic N) is 1. The van der Waals surface area contributed by atoms with Crippen LogP contribution in [0.15, 0.2) is 24.3 Å². The van der Waals surface area contributed by atoms with Gasteiger partial charge in [0.25, 0.3) is 5.91 Å². The van der Waals surface area contributed by atoms with Crippen molar-refractivity contribution in [1.82, 2.24) is 5.32 Å². The van der Waals surface area contributed by atoms with Gasteiger partial charge < -0.3 is 15.0 Å². The van der Waals surface area contributed by atoms with E-state index in [4.69, 9.17) is 0 Å². The summed E-state index contributed by atoms with van der Waals surface area (Å²) >= 11 is 0. The van der Waals surface area contributed by atoms with Gasteiger partial charge in [0, 0.05) is 17.3 Å². The first-order valence-corrected chi connectivity index (χ1v) is 6.87. The molecule has 6 heteroatoms. The number of anilines is 1. The summed E-state index contributed by atoms with van der Waals surface area (Å²) in [7, 11) is 0. The number of hydrogen-bond donors (Lipinski definition) is 1. The van der Waals surface area contributed by atoms with Crippen molar-refractivity contribution in [1.29, 1.82) is 0 Å². The summed E-state index contributed by atoms with van der Waals surface area (Å²) in [6.45, 7) is 5.51. The topological polar surface area (TPSA) is 75.7 Å². The van der Waals surface area contributed by atoms with Crippen LogP contribution in [0.1, 0.15) is 32.4 Å². The van der Waals surface area contributed by atoms with Gasteiger partial charge in [-0.3, -0.25) is 9.59 Å². The van der Waals surface area contributed by atoms with Crippen molar-refractivity contribution in [2.45, 2.75) is 32.9 Å². The molecule has 1 aliphatic heterocycles. The van der Waals surface area contributed by atoms with Crippen LogP contribution in [0, 0.1) is 0 Å². The molecule has 0 aromatic heterocycles. The number of carbonyl (C=O) groups is 3. The second-order valence-corrected chi connectivity index (χ2v) is 4.99. The molecule has 0 spiro atoms. The van der Waals surface area contributed by atoms with E-state index >= 15 is 0 Å². The van der Waals surface area contributed by atoms with E-state index in [0.717, 1.165) is 5.69 Å². The monoisotopic (exact) mass is 290 g/mol. The fraction of sp³-hybridized carbons (Fsp3) is 0.400. The molecule has 112 valence electrons. The van der Waals surface area contributed by atoms with E-state index in [2.05, 4.69) is 10.1 Å². The summed E-state index contributed by atoms with van der Waals surface area (Å²) in [5.41, 5.74) is 1.44. The summed E-state index contributed by atoms with van der Waals surface area (Å²) in [5, 5.41) is 2.45. The maximum Gasteiger partial charge on any atom is 0.396 e. The van der Waals surface area contributed by atoms with Gasteiger partial charge in [-0.1, -0.05) is 18.2 Å². The van der Waals surface area contributed by atoms with Gasteiger partial charge in [0.05, 0.1) is 6.61 Å². The van der Waals surface area contributed by atoms with Gasteiger partial charge in [-0.25, -0.2) is 4.79 Å². The van der Waals surface area contributed by atoms with Crippen LogP contribution in [-0.4, -0.2) is 30.4 Å². The molecule has 0 radical (unpaired) electrons. The molecule has 1 N–H and O–H groups in total. The number of esters is 1. The van der Waals surface area contributed by atoms with Crippen LogP contribution in [0.2, 0.25) is 0 Å². The van der Waals surface area contributed by atoms with Gasteiger partial charge in [0.1, 0.15) is 6.04 Å². The normalized spacial score (nSPS) is 16.9. The van der Waals surface area contributed by atoms with E-state index in [-0.39, 0.29) is 18.6 Å². The zero-order valence-corrected chi connectivity index (χ0v) is 12.3. The number of carbonyl (C=O) groups excluding carboxylic acids is 3. The minimum Gasteiger partial charge on any atom is -0.459 e. The molecule has 1 aromatic rings. The zero-order chi connectivity index (χ0) is 15.6. The fourth-order valence-corrected chi connectivity index (χ4v) is 2.40. The number of amides is 2. The predicted octanol–water partition coefficient (Wildman–Crippen LogP) is 1.16. The Labute approximate surface area is 123 Å². The molecular weight excluding hydrogens is 272 g/mol. The van der Waals surface area contributed by atoms with Crippen molar-refractivity contribution in [2.24, 2.45) is 0 Å². The highest BCUT2D eigenvalue weighted by atomic mass is 16.5. The SMILES string of the molecule is CCOC(=O)C(=O)NC1C(=O)N(C(C)C)c2ccccc21. The molecule has 1 aliphatic rings. The van der Waals surface area contributed by atoms with Gasteiger partial charge in [-0.15, -0.1) is 0 Å². The van der Waals surface area contributed by atoms with Crippen molar-refractivity contribution in [3.63, 3.8) is 0 Å². The van der Waals surface area contributed by atoms with Crippen LogP contribution in [0.25, 0.3) is 0 Å². The maximum absolute atomic E-state index is 12.5. The molecule has 1 unspecified atom stereocenters. The lowest BCUT2D eigenvalue weighted by atomic mass is 10.1. The Hall–Kier alpha value is -2.37. The molecule has 1 heterocycles. The Balaban J connectivity index is 2.27. The second kappa shape index (κ2) is 5.95. The maximum atomic E-state index is 12.5. The van der Waals surface area contributed by atoms with Gasteiger partial charge in [0.2, 0.25) is 0 Å². The minimum atomic E-state index is -0.981. The van der Waals surface area contributed by atoms with E-state index in [0.29, 0.717) is 5.56 Å². The number of fused-ring (bicyclic) bond motifs is 1. The van der Waals surface area contributed by atoms with Gasteiger partial charge in [-0.2, -0.15) is 0 Å². The third-order valence-corrected chi connectivity index (χ3v) is 3.24. The summed E-state index contributed by atoms with van der Waals surface area (Å²) in [4.78, 5) is 37.3. The third-order valence-electron chi connectivity index (χ3n) is 3.24. The minimum absolute atomic E-state index is 0.0388. The Morgan fingerprint density at radius 2 is 2.00 bits per heavy atom. The molecule has 0 saturated heterocycles. The second-order valence-electron chi connectivity index (χ2n) is 4.99. The van der Waals surface area contributed by atoms with Crippen LogP contribution in [0.5, 0.6) is 0 Å². The average molecular weight is 290 g/mol. The number of hydrogen-bond acceptors (Lipinski definition) is 4. The van der Waals surface area contributed by atoms with E-state index in [9.17, 15) is 14.4 Å². The van der Waals surface area contributed by atoms with Crippen LogP contribution in [-0.2, 0) is 19.1 Å². The van der Waals surface area contributed by atoms with Crippen molar-refractivity contribution < 1.29 is 19.1 Å². The Kier molecular flexibility index (Phi) is 4.26. The molecule has 0 saturated carbocycles. The largest absolute Gasteiger partial charge is 0.459 e. The summed E-state index contributed by atoms with van der Waals surface area (Å²) in [6, 6.07) is 6.33. The standard InChI is InChI=1S/C15H18N2O4/c1-4-21-15(20)13(18)16-12-10-7-5-6-8-11(10)17(9(2)3)14(12)19/h5-9,12H,4H2,1-3H3,(H,16,18). The smallest absolute Gasteiger partial charge is 0.396 e. The lowest BCUT2D eigenvalue weighted by Crippen LogP contribution is -2.42. The van der Waals surface area contributed by atoms with Crippen molar-refractivity contribution in [2.75, 3.05) is 11.5 Å². The van der Waals surface area contributed by atoms with Crippen molar-refractivity contribution in [3.8, 4) is 0 Å². The van der Waals surface area contributed by atoms with Crippen LogP contribution in [0.3, 0.4) is 0 Å². The Morgan fingerprint density at radius 1 is 1.33 bits per heavy atom. The lowest BCUT2D eigenvalue weighted by molar-refractivity contribution is -0.155. The number of para-hydroxylation sites is 1.